The van der Waals surface area contributed by atoms with E-state index < -0.39 is 29.5 Å². The van der Waals surface area contributed by atoms with E-state index in [2.05, 4.69) is 20.5 Å². The molecule has 3 aromatic carbocycles. The van der Waals surface area contributed by atoms with Crippen molar-refractivity contribution < 1.29 is 18.7 Å². The van der Waals surface area contributed by atoms with Gasteiger partial charge >= 0.3 is 5.69 Å². The average molecular weight is 532 g/mol. The van der Waals surface area contributed by atoms with Crippen LogP contribution in [0.5, 0.6) is 0 Å². The van der Waals surface area contributed by atoms with Crippen molar-refractivity contribution in [2.75, 3.05) is 5.32 Å². The van der Waals surface area contributed by atoms with Crippen LogP contribution in [-0.2, 0) is 18.7 Å². The lowest BCUT2D eigenvalue weighted by atomic mass is 9.93. The largest absolute Gasteiger partial charge is 0.381 e. The first-order valence-electron chi connectivity index (χ1n) is 11.9. The van der Waals surface area contributed by atoms with Gasteiger partial charge in [-0.2, -0.15) is 10.2 Å². The highest BCUT2D eigenvalue weighted by atomic mass is 19.1. The monoisotopic (exact) mass is 531 g/mol. The van der Waals surface area contributed by atoms with Gasteiger partial charge in [0.1, 0.15) is 36.2 Å². The van der Waals surface area contributed by atoms with Gasteiger partial charge < -0.3 is 10.4 Å². The lowest BCUT2D eigenvalue weighted by Crippen LogP contribution is -2.41. The van der Waals surface area contributed by atoms with Crippen molar-refractivity contribution in [3.63, 3.8) is 0 Å². The maximum Gasteiger partial charge on any atom is 0.350 e. The summed E-state index contributed by atoms with van der Waals surface area (Å²) in [5.74, 6) is -2.04. The van der Waals surface area contributed by atoms with Crippen LogP contribution in [0.25, 0.3) is 5.69 Å². The maximum atomic E-state index is 14.7. The molecule has 0 radical (unpaired) electrons. The number of carbonyl (C=O) groups excluding carboxylic acids is 1. The number of carbonyl (C=O) groups is 1. The number of hydrogen-bond donors (Lipinski definition) is 2. The van der Waals surface area contributed by atoms with E-state index in [0.29, 0.717) is 23.0 Å². The molecule has 2 heterocycles. The van der Waals surface area contributed by atoms with Crippen LogP contribution in [0.15, 0.2) is 90.5 Å². The molecule has 5 rings (SSSR count). The zero-order chi connectivity index (χ0) is 27.6. The minimum atomic E-state index is -2.02. The molecular formula is C27H23F2N7O3. The van der Waals surface area contributed by atoms with E-state index in [1.807, 2.05) is 19.1 Å². The van der Waals surface area contributed by atoms with Gasteiger partial charge in [0.05, 0.1) is 18.8 Å². The van der Waals surface area contributed by atoms with Gasteiger partial charge in [0.2, 0.25) is 0 Å². The average Bonchev–Trinajstić information content (AvgIpc) is 3.54. The minimum Gasteiger partial charge on any atom is -0.381 e. The van der Waals surface area contributed by atoms with Gasteiger partial charge in [0, 0.05) is 22.9 Å². The first-order chi connectivity index (χ1) is 18.7. The summed E-state index contributed by atoms with van der Waals surface area (Å²) in [6.45, 7) is 1.12. The molecule has 198 valence electrons. The summed E-state index contributed by atoms with van der Waals surface area (Å²) in [6.07, 6.45) is 3.84. The highest BCUT2D eigenvalue weighted by molar-refractivity contribution is 6.05. The van der Waals surface area contributed by atoms with E-state index >= 15 is 0 Å². The second-order valence-electron chi connectivity index (χ2n) is 9.01. The minimum absolute atomic E-state index is 0.227. The summed E-state index contributed by atoms with van der Waals surface area (Å²) in [6, 6.07) is 16.5. The summed E-state index contributed by atoms with van der Waals surface area (Å²) in [5.41, 5.74) is -0.474. The fourth-order valence-electron chi connectivity index (χ4n) is 4.27. The Bertz CT molecular complexity index is 1680. The molecule has 39 heavy (non-hydrogen) atoms. The number of aliphatic hydroxyl groups is 1. The molecule has 0 saturated carbocycles. The predicted molar refractivity (Wildman–Crippen MR) is 137 cm³/mol. The Labute approximate surface area is 220 Å². The predicted octanol–water partition coefficient (Wildman–Crippen LogP) is 3.05. The van der Waals surface area contributed by atoms with Crippen LogP contribution in [-0.4, -0.2) is 40.1 Å². The van der Waals surface area contributed by atoms with E-state index in [1.54, 1.807) is 36.4 Å². The quantitative estimate of drug-likeness (QED) is 0.318. The zero-order valence-electron chi connectivity index (χ0n) is 20.7. The molecule has 0 aliphatic carbocycles. The molecule has 2 N–H and O–H groups in total. The number of benzene rings is 3. The van der Waals surface area contributed by atoms with Crippen molar-refractivity contribution in [2.45, 2.75) is 25.6 Å². The van der Waals surface area contributed by atoms with Gasteiger partial charge in [0.25, 0.3) is 5.91 Å². The summed E-state index contributed by atoms with van der Waals surface area (Å²) < 4.78 is 31.8. The van der Waals surface area contributed by atoms with Crippen molar-refractivity contribution in [3.8, 4) is 5.69 Å². The molecule has 0 spiro atoms. The number of amides is 1. The summed E-state index contributed by atoms with van der Waals surface area (Å²) >= 11 is 0. The topological polar surface area (TPSA) is 120 Å². The van der Waals surface area contributed by atoms with Crippen LogP contribution in [0.4, 0.5) is 14.5 Å². The molecule has 0 fully saturated rings. The number of halogens is 2. The van der Waals surface area contributed by atoms with Crippen LogP contribution < -0.4 is 11.0 Å². The van der Waals surface area contributed by atoms with Crippen LogP contribution >= 0.6 is 0 Å². The lowest BCUT2D eigenvalue weighted by Gasteiger charge is -2.28. The molecule has 5 aromatic rings. The fourth-order valence-corrected chi connectivity index (χ4v) is 4.27. The number of aryl methyl sites for hydroxylation is 1. The molecular weight excluding hydrogens is 508 g/mol. The van der Waals surface area contributed by atoms with Gasteiger partial charge in [-0.3, -0.25) is 4.79 Å². The molecule has 1 amide bonds. The van der Waals surface area contributed by atoms with E-state index in [1.165, 1.54) is 28.2 Å². The van der Waals surface area contributed by atoms with Crippen molar-refractivity contribution in [1.29, 1.82) is 0 Å². The molecule has 0 bridgehead atoms. The Hall–Kier alpha value is -4.97. The molecule has 12 heteroatoms. The zero-order valence-corrected chi connectivity index (χ0v) is 20.7. The Morgan fingerprint density at radius 2 is 1.77 bits per heavy atom. The third-order valence-corrected chi connectivity index (χ3v) is 6.26. The molecule has 0 unspecified atom stereocenters. The number of rotatable bonds is 8. The van der Waals surface area contributed by atoms with Gasteiger partial charge in [0.15, 0.2) is 0 Å². The van der Waals surface area contributed by atoms with E-state index in [4.69, 9.17) is 0 Å². The molecule has 10 nitrogen and oxygen atoms in total. The van der Waals surface area contributed by atoms with Gasteiger partial charge in [-0.1, -0.05) is 24.3 Å². The number of hydrogen-bond acceptors (Lipinski definition) is 6. The molecule has 0 saturated heterocycles. The molecule has 2 aromatic heterocycles. The van der Waals surface area contributed by atoms with Crippen molar-refractivity contribution in [3.05, 3.63) is 125 Å². The Balaban J connectivity index is 1.39. The highest BCUT2D eigenvalue weighted by Gasteiger charge is 2.35. The summed E-state index contributed by atoms with van der Waals surface area (Å²) in [4.78, 5) is 29.6. The standard InChI is InChI=1S/C27H23F2N7O3/c1-18-4-2-3-5-22(18)25(37)33-20-7-9-21(10-8-20)35-17-32-36(26(35)38)14-27(39,13-34-16-30-15-31-34)23-11-6-19(28)12-24(23)29/h2-12,15-17,39H,13-14H2,1H3,(H,33,37)/t27-/m0/s1. The third kappa shape index (κ3) is 5.36. The second kappa shape index (κ2) is 10.4. The van der Waals surface area contributed by atoms with Crippen molar-refractivity contribution in [1.82, 2.24) is 29.1 Å². The Morgan fingerprint density at radius 1 is 1.00 bits per heavy atom. The number of aromatic nitrogens is 6. The highest BCUT2D eigenvalue weighted by Crippen LogP contribution is 2.28. The summed E-state index contributed by atoms with van der Waals surface area (Å²) in [5, 5.41) is 22.4. The van der Waals surface area contributed by atoms with Crippen LogP contribution in [0.2, 0.25) is 0 Å². The SMILES string of the molecule is Cc1ccccc1C(=O)Nc1ccc(-n2cnn(C[C@@](O)(Cn3cncn3)c3ccc(F)cc3F)c2=O)cc1. The lowest BCUT2D eigenvalue weighted by molar-refractivity contribution is -0.00948. The van der Waals surface area contributed by atoms with E-state index in [0.717, 1.165) is 22.4 Å². The van der Waals surface area contributed by atoms with E-state index in [-0.39, 0.29) is 18.0 Å². The summed E-state index contributed by atoms with van der Waals surface area (Å²) in [7, 11) is 0. The van der Waals surface area contributed by atoms with Crippen LogP contribution in [0, 0.1) is 18.6 Å². The van der Waals surface area contributed by atoms with Gasteiger partial charge in [-0.15, -0.1) is 0 Å². The van der Waals surface area contributed by atoms with Crippen molar-refractivity contribution in [2.24, 2.45) is 0 Å². The smallest absolute Gasteiger partial charge is 0.350 e. The molecule has 0 aliphatic rings. The molecule has 0 aliphatic heterocycles. The van der Waals surface area contributed by atoms with Gasteiger partial charge in [-0.05, 0) is 48.9 Å². The van der Waals surface area contributed by atoms with Crippen LogP contribution in [0.1, 0.15) is 21.5 Å². The molecule has 1 atom stereocenters. The van der Waals surface area contributed by atoms with Gasteiger partial charge in [-0.25, -0.2) is 32.5 Å². The third-order valence-electron chi connectivity index (χ3n) is 6.26. The fraction of sp³-hybridized carbons (Fsp3) is 0.148. The number of anilines is 1. The van der Waals surface area contributed by atoms with Crippen molar-refractivity contribution >= 4 is 11.6 Å². The number of nitrogens with zero attached hydrogens (tertiary/aromatic N) is 6. The first kappa shape index (κ1) is 25.7. The Kier molecular flexibility index (Phi) is 6.86. The second-order valence-corrected chi connectivity index (χ2v) is 9.01. The number of nitrogens with one attached hydrogen (secondary N) is 1. The van der Waals surface area contributed by atoms with Crippen LogP contribution in [0.3, 0.4) is 0 Å². The maximum absolute atomic E-state index is 14.7. The van der Waals surface area contributed by atoms with E-state index in [9.17, 15) is 23.5 Å². The normalized spacial score (nSPS) is 12.7. The first-order valence-corrected chi connectivity index (χ1v) is 11.9. The Morgan fingerprint density at radius 3 is 2.46 bits per heavy atom.